The van der Waals surface area contributed by atoms with Crippen LogP contribution in [-0.4, -0.2) is 20.1 Å². The van der Waals surface area contributed by atoms with Crippen molar-refractivity contribution in [2.45, 2.75) is 58.8 Å². The molecule has 0 aromatic carbocycles. The maximum Gasteiger partial charge on any atom is 0.397 e. The van der Waals surface area contributed by atoms with Gasteiger partial charge in [0.1, 0.15) is 0 Å². The summed E-state index contributed by atoms with van der Waals surface area (Å²) in [5, 5.41) is 0. The minimum Gasteiger partial charge on any atom is -0.264 e. The maximum absolute atomic E-state index is 9.33. The predicted molar refractivity (Wildman–Crippen MR) is 69.2 cm³/mol. The van der Waals surface area contributed by atoms with Gasteiger partial charge in [0.2, 0.25) is 0 Å². The van der Waals surface area contributed by atoms with E-state index in [0.29, 0.717) is 0 Å². The topological polar surface area (TPSA) is 63.6 Å². The standard InChI is InChI=1S/C11H22.CH4O4S/c1-3-7-10(2)11-8-5-4-6-9-11;1-5-6(2,3)4/h10-11H,3-9H2,1-2H3;1H3,(H,2,3,4). The fourth-order valence-corrected chi connectivity index (χ4v) is 2.39. The van der Waals surface area contributed by atoms with Crippen LogP contribution < -0.4 is 0 Å². The molecule has 0 aliphatic heterocycles. The molecule has 0 amide bonds. The Balaban J connectivity index is 0.000000366. The first-order valence-corrected chi connectivity index (χ1v) is 7.80. The van der Waals surface area contributed by atoms with E-state index in [1.54, 1.807) is 0 Å². The first kappa shape index (κ1) is 16.9. The second kappa shape index (κ2) is 8.89. The van der Waals surface area contributed by atoms with Gasteiger partial charge in [-0.2, -0.15) is 8.42 Å². The van der Waals surface area contributed by atoms with Crippen molar-refractivity contribution in [1.29, 1.82) is 0 Å². The molecule has 1 saturated carbocycles. The lowest BCUT2D eigenvalue weighted by Crippen LogP contribution is -2.14. The third-order valence-electron chi connectivity index (χ3n) is 3.41. The van der Waals surface area contributed by atoms with Crippen LogP contribution in [0.2, 0.25) is 0 Å². The Labute approximate surface area is 106 Å². The van der Waals surface area contributed by atoms with Gasteiger partial charge in [-0.25, -0.2) is 0 Å². The molecule has 0 aromatic heterocycles. The molecular weight excluding hydrogens is 240 g/mol. The Hall–Kier alpha value is -0.130. The first-order chi connectivity index (χ1) is 7.90. The van der Waals surface area contributed by atoms with E-state index in [4.69, 9.17) is 4.55 Å². The molecule has 0 bridgehead atoms. The van der Waals surface area contributed by atoms with Crippen molar-refractivity contribution in [3.8, 4) is 0 Å². The van der Waals surface area contributed by atoms with Gasteiger partial charge in [-0.3, -0.25) is 8.74 Å². The molecule has 5 heteroatoms. The lowest BCUT2D eigenvalue weighted by molar-refractivity contribution is 0.251. The maximum atomic E-state index is 9.33. The highest BCUT2D eigenvalue weighted by molar-refractivity contribution is 7.80. The molecule has 104 valence electrons. The molecule has 0 aromatic rings. The van der Waals surface area contributed by atoms with Crippen LogP contribution in [0.25, 0.3) is 0 Å². The number of hydrogen-bond acceptors (Lipinski definition) is 3. The van der Waals surface area contributed by atoms with E-state index in [0.717, 1.165) is 18.9 Å². The lowest BCUT2D eigenvalue weighted by Gasteiger charge is -2.27. The van der Waals surface area contributed by atoms with E-state index < -0.39 is 10.4 Å². The molecule has 1 atom stereocenters. The lowest BCUT2D eigenvalue weighted by atomic mass is 9.79. The van der Waals surface area contributed by atoms with Gasteiger partial charge in [0.15, 0.2) is 0 Å². The zero-order valence-electron chi connectivity index (χ0n) is 11.2. The van der Waals surface area contributed by atoms with Crippen molar-refractivity contribution < 1.29 is 17.2 Å². The van der Waals surface area contributed by atoms with Crippen LogP contribution >= 0.6 is 0 Å². The SMILES string of the molecule is CCCC(C)C1CCCCC1.COS(=O)(=O)O. The van der Waals surface area contributed by atoms with Crippen LogP contribution in [0.3, 0.4) is 0 Å². The molecule has 4 nitrogen and oxygen atoms in total. The van der Waals surface area contributed by atoms with E-state index in [9.17, 15) is 8.42 Å². The molecule has 0 spiro atoms. The summed E-state index contributed by atoms with van der Waals surface area (Å²) in [4.78, 5) is 0. The Morgan fingerprint density at radius 2 is 1.76 bits per heavy atom. The summed E-state index contributed by atoms with van der Waals surface area (Å²) in [6.45, 7) is 4.75. The quantitative estimate of drug-likeness (QED) is 0.792. The minimum absolute atomic E-state index is 0.870. The molecule has 0 heterocycles. The zero-order chi connectivity index (χ0) is 13.3. The molecule has 17 heavy (non-hydrogen) atoms. The molecular formula is C12H26O4S. The van der Waals surface area contributed by atoms with Crippen molar-refractivity contribution in [3.63, 3.8) is 0 Å². The smallest absolute Gasteiger partial charge is 0.264 e. The third-order valence-corrected chi connectivity index (χ3v) is 3.83. The fraction of sp³-hybridized carbons (Fsp3) is 1.00. The van der Waals surface area contributed by atoms with Gasteiger partial charge in [-0.1, -0.05) is 58.8 Å². The van der Waals surface area contributed by atoms with E-state index in [1.807, 2.05) is 0 Å². The van der Waals surface area contributed by atoms with E-state index in [-0.39, 0.29) is 0 Å². The molecule has 1 aliphatic carbocycles. The van der Waals surface area contributed by atoms with Crippen molar-refractivity contribution in [2.75, 3.05) is 7.11 Å². The van der Waals surface area contributed by atoms with E-state index >= 15 is 0 Å². The summed E-state index contributed by atoms with van der Waals surface area (Å²) in [6.07, 6.45) is 10.3. The fourth-order valence-electron chi connectivity index (χ4n) is 2.39. The summed E-state index contributed by atoms with van der Waals surface area (Å²) < 4.78 is 29.7. The summed E-state index contributed by atoms with van der Waals surface area (Å²) in [5.41, 5.74) is 0. The molecule has 0 radical (unpaired) electrons. The molecule has 1 unspecified atom stereocenters. The van der Waals surface area contributed by atoms with Gasteiger partial charge in [0.25, 0.3) is 0 Å². The van der Waals surface area contributed by atoms with E-state index in [1.165, 1.54) is 44.9 Å². The highest BCUT2D eigenvalue weighted by Crippen LogP contribution is 2.31. The van der Waals surface area contributed by atoms with Gasteiger partial charge in [-0.15, -0.1) is 0 Å². The van der Waals surface area contributed by atoms with Crippen molar-refractivity contribution in [2.24, 2.45) is 11.8 Å². The average molecular weight is 266 g/mol. The zero-order valence-corrected chi connectivity index (χ0v) is 12.0. The average Bonchev–Trinajstić information content (AvgIpc) is 2.30. The molecule has 1 aliphatic rings. The number of rotatable bonds is 4. The highest BCUT2D eigenvalue weighted by atomic mass is 32.3. The third kappa shape index (κ3) is 9.56. The van der Waals surface area contributed by atoms with Gasteiger partial charge in [0.05, 0.1) is 7.11 Å². The van der Waals surface area contributed by atoms with Crippen LogP contribution in [0.5, 0.6) is 0 Å². The van der Waals surface area contributed by atoms with Gasteiger partial charge in [0, 0.05) is 0 Å². The Bertz CT molecular complexity index is 268. The highest BCUT2D eigenvalue weighted by Gasteiger charge is 2.18. The predicted octanol–water partition coefficient (Wildman–Crippen LogP) is 3.44. The molecule has 0 saturated heterocycles. The normalized spacial score (nSPS) is 19.3. The van der Waals surface area contributed by atoms with Crippen LogP contribution in [0.4, 0.5) is 0 Å². The number of hydrogen-bond donors (Lipinski definition) is 1. The van der Waals surface area contributed by atoms with Crippen molar-refractivity contribution in [1.82, 2.24) is 0 Å². The van der Waals surface area contributed by atoms with Gasteiger partial charge < -0.3 is 0 Å². The Kier molecular flexibility index (Phi) is 8.82. The van der Waals surface area contributed by atoms with Crippen molar-refractivity contribution >= 4 is 10.4 Å². The minimum atomic E-state index is -4.16. The summed E-state index contributed by atoms with van der Waals surface area (Å²) in [6, 6.07) is 0. The largest absolute Gasteiger partial charge is 0.397 e. The van der Waals surface area contributed by atoms with Gasteiger partial charge >= 0.3 is 10.4 Å². The molecule has 1 fully saturated rings. The summed E-state index contributed by atoms with van der Waals surface area (Å²) >= 11 is 0. The first-order valence-electron chi connectivity index (χ1n) is 6.43. The molecule has 1 N–H and O–H groups in total. The van der Waals surface area contributed by atoms with Crippen molar-refractivity contribution in [3.05, 3.63) is 0 Å². The summed E-state index contributed by atoms with van der Waals surface area (Å²) in [7, 11) is -3.29. The second-order valence-electron chi connectivity index (χ2n) is 4.76. The van der Waals surface area contributed by atoms with Crippen LogP contribution in [-0.2, 0) is 14.6 Å². The van der Waals surface area contributed by atoms with Crippen LogP contribution in [0, 0.1) is 11.8 Å². The summed E-state index contributed by atoms with van der Waals surface area (Å²) in [5.74, 6) is 2.07. The second-order valence-corrected chi connectivity index (χ2v) is 5.95. The Morgan fingerprint density at radius 3 is 2.12 bits per heavy atom. The molecule has 1 rings (SSSR count). The van der Waals surface area contributed by atoms with Gasteiger partial charge in [-0.05, 0) is 11.8 Å². The monoisotopic (exact) mass is 266 g/mol. The van der Waals surface area contributed by atoms with E-state index in [2.05, 4.69) is 18.0 Å². The van der Waals surface area contributed by atoms with Crippen LogP contribution in [0.15, 0.2) is 0 Å². The Morgan fingerprint density at radius 1 is 1.29 bits per heavy atom. The van der Waals surface area contributed by atoms with Crippen LogP contribution in [0.1, 0.15) is 58.8 Å².